The minimum absolute atomic E-state index is 0.388. The van der Waals surface area contributed by atoms with Crippen LogP contribution in [0, 0.1) is 0 Å². The van der Waals surface area contributed by atoms with E-state index in [2.05, 4.69) is 29.2 Å². The molecule has 0 aromatic carbocycles. The van der Waals surface area contributed by atoms with Gasteiger partial charge in [0.1, 0.15) is 0 Å². The summed E-state index contributed by atoms with van der Waals surface area (Å²) < 4.78 is 13.2. The van der Waals surface area contributed by atoms with Crippen LogP contribution in [0.1, 0.15) is 57.2 Å². The fraction of sp³-hybridized carbons (Fsp3) is 0.800. The maximum atomic E-state index is 11.1. The van der Waals surface area contributed by atoms with Crippen LogP contribution < -0.4 is 5.32 Å². The van der Waals surface area contributed by atoms with Gasteiger partial charge in [0.15, 0.2) is 0 Å². The highest BCUT2D eigenvalue weighted by molar-refractivity contribution is 7.84. The van der Waals surface area contributed by atoms with Crippen molar-refractivity contribution in [3.05, 3.63) is 18.0 Å². The molecule has 1 saturated carbocycles. The molecule has 0 aliphatic heterocycles. The Morgan fingerprint density at radius 3 is 2.90 bits per heavy atom. The highest BCUT2D eigenvalue weighted by Crippen LogP contribution is 2.27. The summed E-state index contributed by atoms with van der Waals surface area (Å²) >= 11 is 0. The zero-order valence-electron chi connectivity index (χ0n) is 12.7. The van der Waals surface area contributed by atoms with Crippen molar-refractivity contribution >= 4 is 10.8 Å². The molecule has 0 bridgehead atoms. The van der Waals surface area contributed by atoms with Gasteiger partial charge in [-0.25, -0.2) is 0 Å². The molecule has 1 heterocycles. The molecular weight excluding hydrogens is 270 g/mol. The summed E-state index contributed by atoms with van der Waals surface area (Å²) in [4.78, 5) is 0. The third-order valence-electron chi connectivity index (χ3n) is 4.08. The summed E-state index contributed by atoms with van der Waals surface area (Å²) in [7, 11) is -0.693. The molecule has 0 saturated heterocycles. The van der Waals surface area contributed by atoms with E-state index in [-0.39, 0.29) is 0 Å². The van der Waals surface area contributed by atoms with Crippen LogP contribution in [0.5, 0.6) is 0 Å². The summed E-state index contributed by atoms with van der Waals surface area (Å²) in [5.74, 6) is 0.769. The molecule has 2 unspecified atom stereocenters. The minimum Gasteiger partial charge on any atom is -0.309 e. The molecule has 1 fully saturated rings. The first-order valence-corrected chi connectivity index (χ1v) is 9.45. The quantitative estimate of drug-likeness (QED) is 0.841. The van der Waals surface area contributed by atoms with E-state index in [1.807, 2.05) is 0 Å². The van der Waals surface area contributed by atoms with Crippen LogP contribution >= 0.6 is 0 Å². The Balaban J connectivity index is 1.76. The van der Waals surface area contributed by atoms with Gasteiger partial charge in [-0.15, -0.1) is 0 Å². The first kappa shape index (κ1) is 15.7. The van der Waals surface area contributed by atoms with Crippen molar-refractivity contribution in [1.29, 1.82) is 0 Å². The molecule has 20 heavy (non-hydrogen) atoms. The predicted octanol–water partition coefficient (Wildman–Crippen LogP) is 2.64. The number of nitrogens with one attached hydrogen (secondary N) is 1. The number of aromatic nitrogens is 2. The third-order valence-corrected chi connectivity index (χ3v) is 4.89. The first-order valence-electron chi connectivity index (χ1n) is 7.72. The van der Waals surface area contributed by atoms with Crippen LogP contribution in [-0.2, 0) is 17.3 Å². The molecule has 1 aliphatic rings. The Bertz CT molecular complexity index is 427. The van der Waals surface area contributed by atoms with E-state index in [1.165, 1.54) is 32.1 Å². The normalized spacial score (nSPS) is 19.9. The smallest absolute Gasteiger partial charge is 0.0762 e. The Kier molecular flexibility index (Phi) is 6.23. The standard InChI is InChI=1S/C15H27N3OS/c1-13(9-11-20(2)19)16-12-14-8-10-18(17-14)15-6-4-3-5-7-15/h8,10,13,15-16H,3-7,9,11-12H2,1-2H3. The highest BCUT2D eigenvalue weighted by Gasteiger charge is 2.16. The van der Waals surface area contributed by atoms with Gasteiger partial charge in [-0.3, -0.25) is 8.89 Å². The van der Waals surface area contributed by atoms with Gasteiger partial charge in [0.25, 0.3) is 0 Å². The van der Waals surface area contributed by atoms with E-state index < -0.39 is 10.8 Å². The molecule has 4 nitrogen and oxygen atoms in total. The summed E-state index contributed by atoms with van der Waals surface area (Å²) in [6.45, 7) is 2.95. The molecule has 2 atom stereocenters. The largest absolute Gasteiger partial charge is 0.309 e. The second-order valence-electron chi connectivity index (χ2n) is 5.93. The lowest BCUT2D eigenvalue weighted by Gasteiger charge is -2.21. The maximum Gasteiger partial charge on any atom is 0.0762 e. The van der Waals surface area contributed by atoms with Gasteiger partial charge < -0.3 is 5.32 Å². The van der Waals surface area contributed by atoms with Crippen molar-refractivity contribution in [2.75, 3.05) is 12.0 Å². The van der Waals surface area contributed by atoms with Crippen LogP contribution in [-0.4, -0.2) is 32.0 Å². The lowest BCUT2D eigenvalue weighted by Crippen LogP contribution is -2.27. The van der Waals surface area contributed by atoms with Crippen LogP contribution in [0.4, 0.5) is 0 Å². The molecule has 1 aromatic rings. The second kappa shape index (κ2) is 7.93. The van der Waals surface area contributed by atoms with Crippen molar-refractivity contribution < 1.29 is 4.21 Å². The van der Waals surface area contributed by atoms with Crippen molar-refractivity contribution in [3.8, 4) is 0 Å². The molecule has 2 rings (SSSR count). The van der Waals surface area contributed by atoms with Crippen LogP contribution in [0.15, 0.2) is 12.3 Å². The molecule has 1 N–H and O–H groups in total. The topological polar surface area (TPSA) is 46.9 Å². The van der Waals surface area contributed by atoms with Crippen LogP contribution in [0.3, 0.4) is 0 Å². The molecule has 5 heteroatoms. The van der Waals surface area contributed by atoms with Gasteiger partial charge in [-0.1, -0.05) is 19.3 Å². The van der Waals surface area contributed by atoms with E-state index in [9.17, 15) is 4.21 Å². The van der Waals surface area contributed by atoms with Crippen molar-refractivity contribution in [3.63, 3.8) is 0 Å². The summed E-state index contributed by atoms with van der Waals surface area (Å²) in [6.07, 6.45) is 11.4. The molecule has 114 valence electrons. The lowest BCUT2D eigenvalue weighted by molar-refractivity contribution is 0.327. The zero-order valence-corrected chi connectivity index (χ0v) is 13.5. The lowest BCUT2D eigenvalue weighted by atomic mass is 9.96. The molecule has 0 spiro atoms. The van der Waals surface area contributed by atoms with Gasteiger partial charge in [0.05, 0.1) is 11.7 Å². The van der Waals surface area contributed by atoms with Gasteiger partial charge in [0, 0.05) is 41.6 Å². The highest BCUT2D eigenvalue weighted by atomic mass is 32.2. The average molecular weight is 297 g/mol. The first-order chi connectivity index (χ1) is 9.65. The molecule has 1 aromatic heterocycles. The van der Waals surface area contributed by atoms with Crippen molar-refractivity contribution in [2.45, 2.75) is 64.1 Å². The van der Waals surface area contributed by atoms with Gasteiger partial charge >= 0.3 is 0 Å². The van der Waals surface area contributed by atoms with E-state index >= 15 is 0 Å². The summed E-state index contributed by atoms with van der Waals surface area (Å²) in [6, 6.07) is 3.11. The Labute approximate surface area is 124 Å². The zero-order chi connectivity index (χ0) is 14.4. The number of nitrogens with zero attached hydrogens (tertiary/aromatic N) is 2. The van der Waals surface area contributed by atoms with E-state index in [1.54, 1.807) is 6.26 Å². The fourth-order valence-electron chi connectivity index (χ4n) is 2.74. The number of hydrogen-bond acceptors (Lipinski definition) is 3. The number of hydrogen-bond donors (Lipinski definition) is 1. The van der Waals surface area contributed by atoms with E-state index in [0.29, 0.717) is 12.1 Å². The van der Waals surface area contributed by atoms with Gasteiger partial charge in [-0.05, 0) is 32.3 Å². The second-order valence-corrected chi connectivity index (χ2v) is 7.48. The van der Waals surface area contributed by atoms with Crippen LogP contribution in [0.25, 0.3) is 0 Å². The third kappa shape index (κ3) is 5.02. The van der Waals surface area contributed by atoms with Gasteiger partial charge in [-0.2, -0.15) is 5.10 Å². The monoisotopic (exact) mass is 297 g/mol. The Morgan fingerprint density at radius 2 is 2.20 bits per heavy atom. The van der Waals surface area contributed by atoms with Crippen molar-refractivity contribution in [2.24, 2.45) is 0 Å². The fourth-order valence-corrected chi connectivity index (χ4v) is 3.43. The SMILES string of the molecule is CC(CCS(C)=O)NCc1ccn(C2CCCCC2)n1. The summed E-state index contributed by atoms with van der Waals surface area (Å²) in [5, 5.41) is 8.16. The maximum absolute atomic E-state index is 11.1. The Hall–Kier alpha value is -0.680. The summed E-state index contributed by atoms with van der Waals surface area (Å²) in [5.41, 5.74) is 1.11. The van der Waals surface area contributed by atoms with Gasteiger partial charge in [0.2, 0.25) is 0 Å². The number of rotatable bonds is 7. The van der Waals surface area contributed by atoms with Crippen LogP contribution in [0.2, 0.25) is 0 Å². The molecular formula is C15H27N3OS. The van der Waals surface area contributed by atoms with E-state index in [0.717, 1.165) is 24.4 Å². The van der Waals surface area contributed by atoms with Crippen molar-refractivity contribution in [1.82, 2.24) is 15.1 Å². The van der Waals surface area contributed by atoms with E-state index in [4.69, 9.17) is 5.10 Å². The predicted molar refractivity (Wildman–Crippen MR) is 84.2 cm³/mol. The minimum atomic E-state index is -0.693. The molecule has 0 radical (unpaired) electrons. The molecule has 0 amide bonds. The Morgan fingerprint density at radius 1 is 1.45 bits per heavy atom. The molecule has 1 aliphatic carbocycles. The average Bonchev–Trinajstić information content (AvgIpc) is 2.93.